The van der Waals surface area contributed by atoms with Crippen LogP contribution in [0.15, 0.2) is 54.6 Å². The van der Waals surface area contributed by atoms with Gasteiger partial charge in [0.2, 0.25) is 0 Å². The maximum atomic E-state index is 12.9. The largest absolute Gasteiger partial charge is 0.462 e. The Morgan fingerprint density at radius 2 is 1.75 bits per heavy atom. The standard InChI is InChI=1S/C29H31NO5S/c1-4-34-29(33)26-23-15-10-18(2)16-24(23)36-28(26)30-27(32)19(3)35-25(31)17-20-11-13-22(14-12-20)21-8-6-5-7-9-21/h5-9,11-14,18-19H,4,10,15-17H2,1-3H3,(H,30,32)/t18-,19+/m1/s1. The summed E-state index contributed by atoms with van der Waals surface area (Å²) in [6, 6.07) is 17.7. The molecule has 1 aliphatic rings. The zero-order valence-electron chi connectivity index (χ0n) is 20.8. The van der Waals surface area contributed by atoms with E-state index in [1.165, 1.54) is 18.3 Å². The number of rotatable bonds is 8. The minimum absolute atomic E-state index is 0.0615. The van der Waals surface area contributed by atoms with Gasteiger partial charge in [0, 0.05) is 4.88 Å². The van der Waals surface area contributed by atoms with E-state index >= 15 is 0 Å². The Bertz CT molecular complexity index is 1230. The van der Waals surface area contributed by atoms with Crippen molar-refractivity contribution in [2.24, 2.45) is 5.92 Å². The molecule has 2 atom stereocenters. The fraction of sp³-hybridized carbons (Fsp3) is 0.345. The minimum Gasteiger partial charge on any atom is -0.462 e. The van der Waals surface area contributed by atoms with Gasteiger partial charge in [-0.2, -0.15) is 0 Å². The van der Waals surface area contributed by atoms with Gasteiger partial charge in [-0.15, -0.1) is 11.3 Å². The highest BCUT2D eigenvalue weighted by Crippen LogP contribution is 2.40. The van der Waals surface area contributed by atoms with Crippen LogP contribution in [-0.4, -0.2) is 30.6 Å². The predicted molar refractivity (Wildman–Crippen MR) is 141 cm³/mol. The second-order valence-corrected chi connectivity index (χ2v) is 10.2. The summed E-state index contributed by atoms with van der Waals surface area (Å²) in [6.07, 6.45) is 1.70. The van der Waals surface area contributed by atoms with Gasteiger partial charge in [-0.3, -0.25) is 9.59 Å². The number of anilines is 1. The smallest absolute Gasteiger partial charge is 0.341 e. The number of carbonyl (C=O) groups is 3. The van der Waals surface area contributed by atoms with E-state index in [2.05, 4.69) is 12.2 Å². The Morgan fingerprint density at radius 1 is 1.06 bits per heavy atom. The Kier molecular flexibility index (Phi) is 8.21. The Hall–Kier alpha value is -3.45. The van der Waals surface area contributed by atoms with Gasteiger partial charge in [0.15, 0.2) is 6.10 Å². The van der Waals surface area contributed by atoms with E-state index < -0.39 is 23.9 Å². The summed E-state index contributed by atoms with van der Waals surface area (Å²) in [5.74, 6) is -0.866. The molecule has 2 aromatic carbocycles. The molecule has 1 amide bonds. The van der Waals surface area contributed by atoms with Crippen LogP contribution in [0.4, 0.5) is 5.00 Å². The number of benzene rings is 2. The molecule has 1 aliphatic carbocycles. The molecule has 1 aromatic heterocycles. The first kappa shape index (κ1) is 25.6. The van der Waals surface area contributed by atoms with Crippen LogP contribution in [0.2, 0.25) is 0 Å². The monoisotopic (exact) mass is 505 g/mol. The highest BCUT2D eigenvalue weighted by atomic mass is 32.1. The fourth-order valence-electron chi connectivity index (χ4n) is 4.38. The molecule has 0 saturated carbocycles. The predicted octanol–water partition coefficient (Wildman–Crippen LogP) is 5.83. The average molecular weight is 506 g/mol. The molecule has 6 nitrogen and oxygen atoms in total. The van der Waals surface area contributed by atoms with Gasteiger partial charge >= 0.3 is 11.9 Å². The van der Waals surface area contributed by atoms with Crippen LogP contribution < -0.4 is 5.32 Å². The highest BCUT2D eigenvalue weighted by Gasteiger charge is 2.30. The van der Waals surface area contributed by atoms with Crippen molar-refractivity contribution < 1.29 is 23.9 Å². The van der Waals surface area contributed by atoms with E-state index in [1.54, 1.807) is 6.92 Å². The lowest BCUT2D eigenvalue weighted by Gasteiger charge is -2.18. The zero-order valence-corrected chi connectivity index (χ0v) is 21.7. The third kappa shape index (κ3) is 6.02. The molecule has 0 radical (unpaired) electrons. The molecule has 0 bridgehead atoms. The number of esters is 2. The summed E-state index contributed by atoms with van der Waals surface area (Å²) < 4.78 is 10.7. The molecule has 0 unspecified atom stereocenters. The molecule has 0 saturated heterocycles. The number of thiophene rings is 1. The Balaban J connectivity index is 1.39. The maximum absolute atomic E-state index is 12.9. The van der Waals surface area contributed by atoms with Gasteiger partial charge in [0.05, 0.1) is 18.6 Å². The van der Waals surface area contributed by atoms with E-state index in [-0.39, 0.29) is 13.0 Å². The van der Waals surface area contributed by atoms with Gasteiger partial charge in [0.1, 0.15) is 5.00 Å². The molecular weight excluding hydrogens is 474 g/mol. The Morgan fingerprint density at radius 3 is 2.44 bits per heavy atom. The normalized spacial score (nSPS) is 15.5. The summed E-state index contributed by atoms with van der Waals surface area (Å²) in [6.45, 7) is 5.73. The topological polar surface area (TPSA) is 81.7 Å². The molecule has 36 heavy (non-hydrogen) atoms. The number of hydrogen-bond donors (Lipinski definition) is 1. The first-order valence-corrected chi connectivity index (χ1v) is 13.1. The Labute approximate surface area is 215 Å². The number of hydrogen-bond acceptors (Lipinski definition) is 6. The van der Waals surface area contributed by atoms with E-state index in [0.29, 0.717) is 16.5 Å². The van der Waals surface area contributed by atoms with Crippen LogP contribution in [0, 0.1) is 5.92 Å². The van der Waals surface area contributed by atoms with Crippen molar-refractivity contribution in [3.05, 3.63) is 76.2 Å². The molecule has 188 valence electrons. The maximum Gasteiger partial charge on any atom is 0.341 e. The quantitative estimate of drug-likeness (QED) is 0.390. The first-order valence-electron chi connectivity index (χ1n) is 12.3. The van der Waals surface area contributed by atoms with Crippen LogP contribution in [0.25, 0.3) is 11.1 Å². The number of amides is 1. The first-order chi connectivity index (χ1) is 17.4. The third-order valence-corrected chi connectivity index (χ3v) is 7.48. The fourth-order valence-corrected chi connectivity index (χ4v) is 5.78. The van der Waals surface area contributed by atoms with E-state index in [9.17, 15) is 14.4 Å². The van der Waals surface area contributed by atoms with E-state index in [4.69, 9.17) is 9.47 Å². The molecule has 4 rings (SSSR count). The second kappa shape index (κ2) is 11.5. The lowest BCUT2D eigenvalue weighted by molar-refractivity contribution is -0.152. The van der Waals surface area contributed by atoms with Crippen molar-refractivity contribution in [3.63, 3.8) is 0 Å². The molecule has 0 aliphatic heterocycles. The van der Waals surface area contributed by atoms with Crippen molar-refractivity contribution in [2.75, 3.05) is 11.9 Å². The van der Waals surface area contributed by atoms with Crippen LogP contribution >= 0.6 is 11.3 Å². The molecule has 0 fully saturated rings. The highest BCUT2D eigenvalue weighted by molar-refractivity contribution is 7.17. The van der Waals surface area contributed by atoms with Gasteiger partial charge < -0.3 is 14.8 Å². The third-order valence-electron chi connectivity index (χ3n) is 6.31. The number of nitrogens with one attached hydrogen (secondary N) is 1. The number of fused-ring (bicyclic) bond motifs is 1. The number of carbonyl (C=O) groups excluding carboxylic acids is 3. The van der Waals surface area contributed by atoms with Crippen molar-refractivity contribution in [2.45, 2.75) is 52.6 Å². The molecule has 3 aromatic rings. The van der Waals surface area contributed by atoms with Gasteiger partial charge in [-0.05, 0) is 61.3 Å². The average Bonchev–Trinajstić information content (AvgIpc) is 3.21. The van der Waals surface area contributed by atoms with Crippen molar-refractivity contribution in [3.8, 4) is 11.1 Å². The van der Waals surface area contributed by atoms with Gasteiger partial charge in [-0.25, -0.2) is 4.79 Å². The van der Waals surface area contributed by atoms with Crippen LogP contribution in [0.5, 0.6) is 0 Å². The summed E-state index contributed by atoms with van der Waals surface area (Å²) in [4.78, 5) is 39.2. The van der Waals surface area contributed by atoms with Crippen molar-refractivity contribution >= 4 is 34.2 Å². The summed E-state index contributed by atoms with van der Waals surface area (Å²) in [5, 5.41) is 3.29. The number of ether oxygens (including phenoxy) is 2. The second-order valence-electron chi connectivity index (χ2n) is 9.14. The lowest BCUT2D eigenvalue weighted by Crippen LogP contribution is -2.30. The summed E-state index contributed by atoms with van der Waals surface area (Å²) >= 11 is 1.41. The molecule has 1 N–H and O–H groups in total. The van der Waals surface area contributed by atoms with Crippen LogP contribution in [-0.2, 0) is 38.3 Å². The lowest BCUT2D eigenvalue weighted by atomic mass is 9.88. The SMILES string of the molecule is CCOC(=O)c1c(NC(=O)[C@H](C)OC(=O)Cc2ccc(-c3ccccc3)cc2)sc2c1CC[C@@H](C)C2. The summed E-state index contributed by atoms with van der Waals surface area (Å²) in [5.41, 5.74) is 4.37. The molecular formula is C29H31NO5S. The molecule has 7 heteroatoms. The zero-order chi connectivity index (χ0) is 25.7. The summed E-state index contributed by atoms with van der Waals surface area (Å²) in [7, 11) is 0. The van der Waals surface area contributed by atoms with Gasteiger partial charge in [-0.1, -0.05) is 61.5 Å². The van der Waals surface area contributed by atoms with Crippen LogP contribution in [0.3, 0.4) is 0 Å². The van der Waals surface area contributed by atoms with Gasteiger partial charge in [0.25, 0.3) is 5.91 Å². The minimum atomic E-state index is -1.01. The van der Waals surface area contributed by atoms with Crippen molar-refractivity contribution in [1.82, 2.24) is 0 Å². The van der Waals surface area contributed by atoms with E-state index in [1.807, 2.05) is 54.6 Å². The molecule has 1 heterocycles. The van der Waals surface area contributed by atoms with Crippen molar-refractivity contribution in [1.29, 1.82) is 0 Å². The van der Waals surface area contributed by atoms with Crippen LogP contribution in [0.1, 0.15) is 53.6 Å². The molecule has 0 spiro atoms. The van der Waals surface area contributed by atoms with E-state index in [0.717, 1.165) is 46.4 Å².